The molecule has 1 aliphatic carbocycles. The molecular formula is C29H38FN3O6S. The van der Waals surface area contributed by atoms with Gasteiger partial charge in [-0.15, -0.1) is 0 Å². The van der Waals surface area contributed by atoms with Gasteiger partial charge in [-0.3, -0.25) is 9.59 Å². The van der Waals surface area contributed by atoms with Crippen molar-refractivity contribution in [2.24, 2.45) is 11.8 Å². The van der Waals surface area contributed by atoms with Crippen molar-refractivity contribution < 1.29 is 32.2 Å². The van der Waals surface area contributed by atoms with Crippen LogP contribution in [0.5, 0.6) is 5.75 Å². The van der Waals surface area contributed by atoms with Crippen molar-refractivity contribution >= 4 is 27.5 Å². The van der Waals surface area contributed by atoms with Crippen LogP contribution in [0, 0.1) is 17.7 Å². The van der Waals surface area contributed by atoms with E-state index in [0.717, 1.165) is 48.5 Å². The molecule has 218 valence electrons. The number of anilines is 1. The Hall–Kier alpha value is -3.02. The van der Waals surface area contributed by atoms with Gasteiger partial charge in [-0.2, -0.15) is 4.31 Å². The lowest BCUT2D eigenvalue weighted by Crippen LogP contribution is -2.50. The molecule has 1 aliphatic heterocycles. The molecule has 2 N–H and O–H groups in total. The number of nitrogens with one attached hydrogen (secondary N) is 1. The third-order valence-electron chi connectivity index (χ3n) is 7.88. The van der Waals surface area contributed by atoms with Crippen molar-refractivity contribution in [1.82, 2.24) is 9.21 Å². The molecular weight excluding hydrogens is 537 g/mol. The molecule has 0 radical (unpaired) electrons. The molecule has 1 heterocycles. The maximum Gasteiger partial charge on any atom is 0.258 e. The lowest BCUT2D eigenvalue weighted by atomic mass is 9.88. The smallest absolute Gasteiger partial charge is 0.258 e. The summed E-state index contributed by atoms with van der Waals surface area (Å²) in [6.07, 6.45) is 3.97. The van der Waals surface area contributed by atoms with E-state index in [1.807, 2.05) is 6.92 Å². The molecule has 11 heteroatoms. The zero-order chi connectivity index (χ0) is 29.0. The number of fused-ring (bicyclic) bond motifs is 1. The molecule has 0 aromatic heterocycles. The number of sulfonamides is 1. The molecule has 2 aliphatic rings. The molecule has 0 unspecified atom stereocenters. The number of hydrogen-bond donors (Lipinski definition) is 2. The van der Waals surface area contributed by atoms with Crippen molar-refractivity contribution in [2.75, 3.05) is 32.1 Å². The van der Waals surface area contributed by atoms with Crippen molar-refractivity contribution in [3.05, 3.63) is 53.8 Å². The maximum atomic E-state index is 13.7. The van der Waals surface area contributed by atoms with E-state index >= 15 is 0 Å². The third-order valence-corrected chi connectivity index (χ3v) is 9.72. The summed E-state index contributed by atoms with van der Waals surface area (Å²) in [6, 6.07) is 9.06. The first kappa shape index (κ1) is 30.0. The van der Waals surface area contributed by atoms with E-state index in [2.05, 4.69) is 5.32 Å². The highest BCUT2D eigenvalue weighted by Crippen LogP contribution is 2.36. The Labute approximate surface area is 235 Å². The van der Waals surface area contributed by atoms with Crippen molar-refractivity contribution in [3.8, 4) is 5.75 Å². The number of amides is 2. The number of benzene rings is 2. The Kier molecular flexibility index (Phi) is 9.48. The van der Waals surface area contributed by atoms with Gasteiger partial charge in [0.15, 0.2) is 5.75 Å². The fourth-order valence-electron chi connectivity index (χ4n) is 5.30. The average Bonchev–Trinajstić information content (AvgIpc) is 2.95. The van der Waals surface area contributed by atoms with Gasteiger partial charge < -0.3 is 20.1 Å². The number of aliphatic hydroxyl groups is 1. The van der Waals surface area contributed by atoms with Crippen LogP contribution in [-0.4, -0.2) is 73.4 Å². The Morgan fingerprint density at radius 3 is 2.50 bits per heavy atom. The van der Waals surface area contributed by atoms with Gasteiger partial charge in [-0.1, -0.05) is 32.3 Å². The molecule has 0 saturated heterocycles. The first-order valence-electron chi connectivity index (χ1n) is 13.8. The zero-order valence-electron chi connectivity index (χ0n) is 23.2. The fourth-order valence-corrected chi connectivity index (χ4v) is 6.48. The Morgan fingerprint density at radius 2 is 1.85 bits per heavy atom. The monoisotopic (exact) mass is 575 g/mol. The van der Waals surface area contributed by atoms with E-state index in [9.17, 15) is 27.5 Å². The van der Waals surface area contributed by atoms with Gasteiger partial charge in [0.2, 0.25) is 15.9 Å². The zero-order valence-corrected chi connectivity index (χ0v) is 24.0. The van der Waals surface area contributed by atoms with Crippen LogP contribution < -0.4 is 10.1 Å². The first-order valence-corrected chi connectivity index (χ1v) is 15.2. The first-order chi connectivity index (χ1) is 19.0. The highest BCUT2D eigenvalue weighted by Gasteiger charge is 2.36. The van der Waals surface area contributed by atoms with Crippen LogP contribution in [0.3, 0.4) is 0 Å². The van der Waals surface area contributed by atoms with E-state index < -0.39 is 28.0 Å². The molecule has 9 nitrogen and oxygen atoms in total. The molecule has 4 rings (SSSR count). The van der Waals surface area contributed by atoms with Gasteiger partial charge in [0.25, 0.3) is 5.91 Å². The summed E-state index contributed by atoms with van der Waals surface area (Å²) in [6.45, 7) is 3.48. The van der Waals surface area contributed by atoms with Gasteiger partial charge >= 0.3 is 0 Å². The molecule has 2 amide bonds. The van der Waals surface area contributed by atoms with Gasteiger partial charge in [-0.05, 0) is 56.2 Å². The van der Waals surface area contributed by atoms with Gasteiger partial charge in [-0.25, -0.2) is 12.8 Å². The largest absolute Gasteiger partial charge is 0.486 e. The number of aliphatic hydroxyl groups excluding tert-OH is 1. The summed E-state index contributed by atoms with van der Waals surface area (Å²) in [4.78, 5) is 28.3. The minimum atomic E-state index is -3.97. The van der Waals surface area contributed by atoms with Crippen molar-refractivity contribution in [3.63, 3.8) is 0 Å². The summed E-state index contributed by atoms with van der Waals surface area (Å²) in [5.41, 5.74) is 0.573. The Bertz CT molecular complexity index is 1310. The predicted molar refractivity (Wildman–Crippen MR) is 149 cm³/mol. The van der Waals surface area contributed by atoms with Crippen LogP contribution in [0.15, 0.2) is 47.4 Å². The molecule has 2 aromatic rings. The minimum absolute atomic E-state index is 0.0542. The maximum absolute atomic E-state index is 13.7. The quantitative estimate of drug-likeness (QED) is 0.494. The molecule has 0 spiro atoms. The summed E-state index contributed by atoms with van der Waals surface area (Å²) >= 11 is 0. The van der Waals surface area contributed by atoms with Crippen LogP contribution in [0.1, 0.15) is 56.3 Å². The minimum Gasteiger partial charge on any atom is -0.486 e. The molecule has 40 heavy (non-hydrogen) atoms. The van der Waals surface area contributed by atoms with E-state index in [1.165, 1.54) is 19.2 Å². The second kappa shape index (κ2) is 12.7. The molecule has 2 aromatic carbocycles. The summed E-state index contributed by atoms with van der Waals surface area (Å²) in [7, 11) is -2.55. The highest BCUT2D eigenvalue weighted by molar-refractivity contribution is 7.89. The normalized spacial score (nSPS) is 21.2. The number of hydrogen-bond acceptors (Lipinski definition) is 6. The van der Waals surface area contributed by atoms with Gasteiger partial charge in [0, 0.05) is 25.4 Å². The second-order valence-electron chi connectivity index (χ2n) is 10.9. The van der Waals surface area contributed by atoms with Gasteiger partial charge in [0.05, 0.1) is 35.3 Å². The summed E-state index contributed by atoms with van der Waals surface area (Å²) < 4.78 is 47.6. The second-order valence-corrected chi connectivity index (χ2v) is 12.9. The lowest BCUT2D eigenvalue weighted by molar-refractivity contribution is -0.120. The number of ether oxygens (including phenoxy) is 1. The Morgan fingerprint density at radius 1 is 1.18 bits per heavy atom. The number of nitrogens with zero attached hydrogens (tertiary/aromatic N) is 2. The van der Waals surface area contributed by atoms with E-state index in [0.29, 0.717) is 5.69 Å². The summed E-state index contributed by atoms with van der Waals surface area (Å²) in [5, 5.41) is 12.9. The van der Waals surface area contributed by atoms with Crippen LogP contribution in [-0.2, 0) is 14.8 Å². The van der Waals surface area contributed by atoms with Gasteiger partial charge in [0.1, 0.15) is 11.9 Å². The fraction of sp³-hybridized carbons (Fsp3) is 0.517. The topological polar surface area (TPSA) is 116 Å². The highest BCUT2D eigenvalue weighted by atomic mass is 32.2. The number of likely N-dealkylation sites (N-methyl/N-ethyl adjacent to an activating group) is 1. The third kappa shape index (κ3) is 6.47. The Balaban J connectivity index is 1.69. The standard InChI is InChI=1S/C29H38FN3O6S/c1-19-16-33(20(2)18-34)29(36)24-10-7-11-25(31-28(35)21-8-5-4-6-9-21)27(24)39-26(19)17-32(3)40(37,38)23-14-12-22(30)13-15-23/h7,10-15,19-21,26,34H,4-6,8-9,16-18H2,1-3H3,(H,31,35)/t19-,20+,26+/m1/s1. The van der Waals surface area contributed by atoms with Crippen molar-refractivity contribution in [1.29, 1.82) is 0 Å². The predicted octanol–water partition coefficient (Wildman–Crippen LogP) is 3.89. The molecule has 0 bridgehead atoms. The average molecular weight is 576 g/mol. The number of carbonyl (C=O) groups excluding carboxylic acids is 2. The van der Waals surface area contributed by atoms with E-state index in [-0.39, 0.29) is 59.6 Å². The summed E-state index contributed by atoms with van der Waals surface area (Å²) in [5.74, 6) is -1.31. The van der Waals surface area contributed by atoms with E-state index in [1.54, 1.807) is 30.0 Å². The molecule has 3 atom stereocenters. The van der Waals surface area contributed by atoms with Crippen LogP contribution in [0.2, 0.25) is 0 Å². The molecule has 1 saturated carbocycles. The van der Waals surface area contributed by atoms with Crippen LogP contribution in [0.4, 0.5) is 10.1 Å². The number of halogens is 1. The van der Waals surface area contributed by atoms with Crippen LogP contribution >= 0.6 is 0 Å². The number of para-hydroxylation sites is 1. The molecule has 1 fully saturated rings. The number of carbonyl (C=O) groups is 2. The van der Waals surface area contributed by atoms with Crippen LogP contribution in [0.25, 0.3) is 0 Å². The SMILES string of the molecule is C[C@@H]1CN([C@@H](C)CO)C(=O)c2cccc(NC(=O)C3CCCCC3)c2O[C@H]1CN(C)S(=O)(=O)c1ccc(F)cc1. The number of rotatable bonds is 8. The van der Waals surface area contributed by atoms with E-state index in [4.69, 9.17) is 4.74 Å². The van der Waals surface area contributed by atoms with Crippen molar-refractivity contribution in [2.45, 2.75) is 63.0 Å². The lowest BCUT2D eigenvalue weighted by Gasteiger charge is -2.38.